The second-order valence-corrected chi connectivity index (χ2v) is 7.02. The van der Waals surface area contributed by atoms with Crippen LogP contribution in [0.5, 0.6) is 0 Å². The molecule has 21 heavy (non-hydrogen) atoms. The highest BCUT2D eigenvalue weighted by molar-refractivity contribution is 9.10. The van der Waals surface area contributed by atoms with Gasteiger partial charge in [-0.1, -0.05) is 36.7 Å². The fourth-order valence-electron chi connectivity index (χ4n) is 1.92. The van der Waals surface area contributed by atoms with Crippen molar-refractivity contribution in [3.8, 4) is 0 Å². The first kappa shape index (κ1) is 17.7. The number of anilines is 1. The molecule has 0 saturated heterocycles. The van der Waals surface area contributed by atoms with Gasteiger partial charge in [0.1, 0.15) is 0 Å². The summed E-state index contributed by atoms with van der Waals surface area (Å²) < 4.78 is 0.980. The first-order chi connectivity index (χ1) is 9.62. The quantitative estimate of drug-likeness (QED) is 0.901. The first-order valence-electron chi connectivity index (χ1n) is 6.95. The summed E-state index contributed by atoms with van der Waals surface area (Å²) in [4.78, 5) is 25.4. The summed E-state index contributed by atoms with van der Waals surface area (Å²) in [5.74, 6) is -0.0519. The van der Waals surface area contributed by atoms with Crippen molar-refractivity contribution in [1.29, 1.82) is 0 Å². The Morgan fingerprint density at radius 2 is 1.90 bits per heavy atom. The average Bonchev–Trinajstić information content (AvgIpc) is 2.34. The first-order valence-corrected chi connectivity index (χ1v) is 7.75. The van der Waals surface area contributed by atoms with Gasteiger partial charge < -0.3 is 10.2 Å². The normalized spacial score (nSPS) is 11.1. The van der Waals surface area contributed by atoms with Crippen LogP contribution in [0.1, 0.15) is 33.3 Å². The summed E-state index contributed by atoms with van der Waals surface area (Å²) >= 11 is 3.42. The smallest absolute Gasteiger partial charge is 0.225 e. The summed E-state index contributed by atoms with van der Waals surface area (Å²) in [5, 5.41) is 2.87. The Balaban J connectivity index is 2.76. The van der Waals surface area contributed by atoms with Gasteiger partial charge in [-0.15, -0.1) is 0 Å². The number of rotatable bonds is 4. The van der Waals surface area contributed by atoms with Crippen LogP contribution in [0.3, 0.4) is 0 Å². The van der Waals surface area contributed by atoms with E-state index in [1.54, 1.807) is 4.90 Å². The molecule has 0 fully saturated rings. The number of amides is 2. The van der Waals surface area contributed by atoms with Crippen LogP contribution in [0.25, 0.3) is 0 Å². The van der Waals surface area contributed by atoms with E-state index >= 15 is 0 Å². The van der Waals surface area contributed by atoms with Crippen LogP contribution in [-0.4, -0.2) is 24.9 Å². The fourth-order valence-corrected chi connectivity index (χ4v) is 2.39. The van der Waals surface area contributed by atoms with Crippen molar-refractivity contribution in [3.63, 3.8) is 0 Å². The predicted molar refractivity (Wildman–Crippen MR) is 89.4 cm³/mol. The molecule has 0 unspecified atom stereocenters. The van der Waals surface area contributed by atoms with Crippen LogP contribution in [0.4, 0.5) is 5.69 Å². The lowest BCUT2D eigenvalue weighted by Gasteiger charge is -2.24. The number of hydrogen-bond donors (Lipinski definition) is 1. The van der Waals surface area contributed by atoms with Crippen LogP contribution in [0.2, 0.25) is 0 Å². The van der Waals surface area contributed by atoms with E-state index < -0.39 is 5.41 Å². The predicted octanol–water partition coefficient (Wildman–Crippen LogP) is 3.27. The van der Waals surface area contributed by atoms with Gasteiger partial charge >= 0.3 is 0 Å². The van der Waals surface area contributed by atoms with Crippen LogP contribution in [0, 0.1) is 12.3 Å². The highest BCUT2D eigenvalue weighted by Gasteiger charge is 2.21. The summed E-state index contributed by atoms with van der Waals surface area (Å²) in [5.41, 5.74) is 1.46. The minimum Gasteiger partial charge on any atom is -0.354 e. The van der Waals surface area contributed by atoms with E-state index in [4.69, 9.17) is 0 Å². The van der Waals surface area contributed by atoms with E-state index in [0.29, 0.717) is 13.1 Å². The van der Waals surface area contributed by atoms with Crippen molar-refractivity contribution >= 4 is 33.4 Å². The largest absolute Gasteiger partial charge is 0.354 e. The van der Waals surface area contributed by atoms with Gasteiger partial charge in [0.25, 0.3) is 0 Å². The second-order valence-electron chi connectivity index (χ2n) is 6.11. The molecular weight excluding hydrogens is 332 g/mol. The van der Waals surface area contributed by atoms with Gasteiger partial charge in [0.05, 0.1) is 0 Å². The molecule has 0 saturated carbocycles. The number of halogens is 1. The maximum Gasteiger partial charge on any atom is 0.225 e. The molecule has 0 aliphatic carbocycles. The number of carbonyl (C=O) groups is 2. The van der Waals surface area contributed by atoms with E-state index in [2.05, 4.69) is 21.2 Å². The van der Waals surface area contributed by atoms with Gasteiger partial charge in [-0.2, -0.15) is 0 Å². The van der Waals surface area contributed by atoms with Gasteiger partial charge in [-0.3, -0.25) is 9.59 Å². The molecule has 0 spiro atoms. The molecule has 116 valence electrons. The van der Waals surface area contributed by atoms with Crippen molar-refractivity contribution in [2.24, 2.45) is 5.41 Å². The SMILES string of the molecule is CC(=O)N(CCNC(=O)C(C)(C)C)c1ccc(Br)cc1C. The average molecular weight is 355 g/mol. The van der Waals surface area contributed by atoms with E-state index in [1.165, 1.54) is 6.92 Å². The molecule has 0 bridgehead atoms. The highest BCUT2D eigenvalue weighted by Crippen LogP contribution is 2.24. The Labute approximate surface area is 135 Å². The van der Waals surface area contributed by atoms with Crippen LogP contribution < -0.4 is 10.2 Å². The van der Waals surface area contributed by atoms with Crippen molar-refractivity contribution in [1.82, 2.24) is 5.32 Å². The number of aryl methyl sites for hydroxylation is 1. The lowest BCUT2D eigenvalue weighted by molar-refractivity contribution is -0.128. The maximum atomic E-state index is 11.9. The molecule has 1 aromatic carbocycles. The third-order valence-electron chi connectivity index (χ3n) is 3.13. The Kier molecular flexibility index (Phi) is 5.96. The number of carbonyl (C=O) groups excluding carboxylic acids is 2. The minimum absolute atomic E-state index is 0.0152. The fraction of sp³-hybridized carbons (Fsp3) is 0.500. The molecule has 0 aromatic heterocycles. The molecule has 0 aliphatic heterocycles. The number of hydrogen-bond acceptors (Lipinski definition) is 2. The van der Waals surface area contributed by atoms with E-state index in [1.807, 2.05) is 45.9 Å². The molecular formula is C16H23BrN2O2. The van der Waals surface area contributed by atoms with E-state index in [0.717, 1.165) is 15.7 Å². The van der Waals surface area contributed by atoms with E-state index in [-0.39, 0.29) is 11.8 Å². The Morgan fingerprint density at radius 1 is 1.29 bits per heavy atom. The maximum absolute atomic E-state index is 11.9. The summed E-state index contributed by atoms with van der Waals surface area (Å²) in [6.07, 6.45) is 0. The Bertz CT molecular complexity index is 536. The molecule has 0 aliphatic rings. The minimum atomic E-state index is -0.422. The standard InChI is InChI=1S/C16H23BrN2O2/c1-11-10-13(17)6-7-14(11)19(12(2)20)9-8-18-15(21)16(3,4)5/h6-7,10H,8-9H2,1-5H3,(H,18,21). The summed E-state index contributed by atoms with van der Waals surface area (Å²) in [7, 11) is 0. The van der Waals surface area contributed by atoms with Crippen LogP contribution in [-0.2, 0) is 9.59 Å². The van der Waals surface area contributed by atoms with Gasteiger partial charge in [0, 0.05) is 35.6 Å². The molecule has 5 heteroatoms. The van der Waals surface area contributed by atoms with Crippen LogP contribution >= 0.6 is 15.9 Å². The molecule has 2 amide bonds. The zero-order valence-corrected chi connectivity index (χ0v) is 14.9. The zero-order chi connectivity index (χ0) is 16.2. The molecule has 4 nitrogen and oxygen atoms in total. The van der Waals surface area contributed by atoms with Crippen LogP contribution in [0.15, 0.2) is 22.7 Å². The molecule has 1 N–H and O–H groups in total. The summed E-state index contributed by atoms with van der Waals surface area (Å²) in [6.45, 7) is 9.99. The zero-order valence-electron chi connectivity index (χ0n) is 13.3. The van der Waals surface area contributed by atoms with Crippen molar-refractivity contribution in [2.75, 3.05) is 18.0 Å². The highest BCUT2D eigenvalue weighted by atomic mass is 79.9. The van der Waals surface area contributed by atoms with Gasteiger partial charge in [-0.05, 0) is 30.7 Å². The molecule has 1 aromatic rings. The van der Waals surface area contributed by atoms with Gasteiger partial charge in [-0.25, -0.2) is 0 Å². The monoisotopic (exact) mass is 354 g/mol. The van der Waals surface area contributed by atoms with E-state index in [9.17, 15) is 9.59 Å². The van der Waals surface area contributed by atoms with Crippen molar-refractivity contribution < 1.29 is 9.59 Å². The summed E-state index contributed by atoms with van der Waals surface area (Å²) in [6, 6.07) is 5.79. The van der Waals surface area contributed by atoms with Crippen molar-refractivity contribution in [3.05, 3.63) is 28.2 Å². The molecule has 0 atom stereocenters. The molecule has 1 rings (SSSR count). The number of nitrogens with one attached hydrogen (secondary N) is 1. The Morgan fingerprint density at radius 3 is 2.38 bits per heavy atom. The topological polar surface area (TPSA) is 49.4 Å². The second kappa shape index (κ2) is 7.07. The molecule has 0 radical (unpaired) electrons. The third kappa shape index (κ3) is 5.16. The lowest BCUT2D eigenvalue weighted by Crippen LogP contribution is -2.41. The number of benzene rings is 1. The Hall–Kier alpha value is -1.36. The van der Waals surface area contributed by atoms with Gasteiger partial charge in [0.2, 0.25) is 11.8 Å². The number of nitrogens with zero attached hydrogens (tertiary/aromatic N) is 1. The van der Waals surface area contributed by atoms with Crippen molar-refractivity contribution in [2.45, 2.75) is 34.6 Å². The lowest BCUT2D eigenvalue weighted by atomic mass is 9.96. The third-order valence-corrected chi connectivity index (χ3v) is 3.63. The molecule has 0 heterocycles. The van der Waals surface area contributed by atoms with Gasteiger partial charge in [0.15, 0.2) is 0 Å².